The number of nitrogens with two attached hydrogens (primary N) is 1. The SMILES string of the molecule is CCOc1c([C@@H]2C(C(=O)NC3=C[C@@H](C(N)=O)[N+](=O)C=C3)O[C@@](C)(C(F)(F)F)[C@H]2C)ccc(F)c1F. The van der Waals surface area contributed by atoms with Crippen LogP contribution in [0, 0.1) is 22.5 Å². The molecule has 3 N–H and O–H groups in total. The highest BCUT2D eigenvalue weighted by Crippen LogP contribution is 2.54. The van der Waals surface area contributed by atoms with Gasteiger partial charge >= 0.3 is 12.2 Å². The summed E-state index contributed by atoms with van der Waals surface area (Å²) in [6.45, 7) is 3.29. The molecule has 5 atom stereocenters. The van der Waals surface area contributed by atoms with E-state index in [4.69, 9.17) is 15.2 Å². The molecule has 0 bridgehead atoms. The number of alkyl halides is 3. The minimum Gasteiger partial charge on any atom is -0.490 e. The van der Waals surface area contributed by atoms with Crippen molar-refractivity contribution in [3.8, 4) is 5.75 Å². The number of amides is 2. The number of carbonyl (C=O) groups excluding carboxylic acids is 2. The molecule has 2 aliphatic rings. The molecule has 0 aromatic heterocycles. The summed E-state index contributed by atoms with van der Waals surface area (Å²) in [6, 6.07) is 0.324. The number of ether oxygens (including phenoxy) is 2. The van der Waals surface area contributed by atoms with E-state index in [1.165, 1.54) is 13.8 Å². The van der Waals surface area contributed by atoms with E-state index in [0.29, 0.717) is 0 Å². The summed E-state index contributed by atoms with van der Waals surface area (Å²) in [5.41, 5.74) is 2.05. The molecule has 0 saturated carbocycles. The Morgan fingerprint density at radius 2 is 1.94 bits per heavy atom. The summed E-state index contributed by atoms with van der Waals surface area (Å²) in [4.78, 5) is 36.3. The second kappa shape index (κ2) is 9.36. The maximum atomic E-state index is 14.6. The van der Waals surface area contributed by atoms with Gasteiger partial charge in [-0.1, -0.05) is 13.0 Å². The molecule has 35 heavy (non-hydrogen) atoms. The fourth-order valence-corrected chi connectivity index (χ4v) is 4.17. The summed E-state index contributed by atoms with van der Waals surface area (Å²) >= 11 is 0. The Kier molecular flexibility index (Phi) is 7.02. The Balaban J connectivity index is 2.06. The minimum atomic E-state index is -4.92. The highest BCUT2D eigenvalue weighted by atomic mass is 19.4. The molecule has 0 radical (unpaired) electrons. The number of nitrogens with zero attached hydrogens (tertiary/aromatic N) is 1. The lowest BCUT2D eigenvalue weighted by Gasteiger charge is -2.32. The first-order valence-electron chi connectivity index (χ1n) is 10.5. The molecule has 0 spiro atoms. The van der Waals surface area contributed by atoms with E-state index < -0.39 is 65.0 Å². The van der Waals surface area contributed by atoms with E-state index in [1.807, 2.05) is 0 Å². The molecular weight excluding hydrogens is 481 g/mol. The molecule has 190 valence electrons. The topological polar surface area (TPSA) is 111 Å². The van der Waals surface area contributed by atoms with Crippen molar-refractivity contribution < 1.29 is 45.8 Å². The molecule has 2 aliphatic heterocycles. The van der Waals surface area contributed by atoms with Crippen LogP contribution in [0.4, 0.5) is 22.0 Å². The van der Waals surface area contributed by atoms with Gasteiger partial charge in [-0.05, 0) is 19.9 Å². The number of hydrogen-bond acceptors (Lipinski definition) is 5. The van der Waals surface area contributed by atoms with Crippen molar-refractivity contribution in [1.82, 2.24) is 5.32 Å². The zero-order valence-electron chi connectivity index (χ0n) is 18.9. The van der Waals surface area contributed by atoms with Crippen LogP contribution in [0.1, 0.15) is 32.3 Å². The summed E-state index contributed by atoms with van der Waals surface area (Å²) in [5, 5.41) is 2.31. The van der Waals surface area contributed by atoms with E-state index in [2.05, 4.69) is 5.32 Å². The number of carbonyl (C=O) groups is 2. The van der Waals surface area contributed by atoms with Crippen LogP contribution in [-0.2, 0) is 14.3 Å². The molecule has 3 rings (SSSR count). The monoisotopic (exact) mass is 504 g/mol. The molecule has 2 heterocycles. The van der Waals surface area contributed by atoms with Crippen molar-refractivity contribution >= 4 is 11.8 Å². The molecule has 13 heteroatoms. The molecule has 1 aromatic rings. The third-order valence-electron chi connectivity index (χ3n) is 6.23. The van der Waals surface area contributed by atoms with Crippen LogP contribution in [-0.4, -0.2) is 47.1 Å². The van der Waals surface area contributed by atoms with Crippen molar-refractivity contribution in [2.45, 2.75) is 50.6 Å². The Labute approximate surface area is 196 Å². The van der Waals surface area contributed by atoms with Crippen molar-refractivity contribution in [2.24, 2.45) is 11.7 Å². The molecule has 2 amide bonds. The highest BCUT2D eigenvalue weighted by molar-refractivity contribution is 5.86. The van der Waals surface area contributed by atoms with Crippen LogP contribution in [0.2, 0.25) is 0 Å². The van der Waals surface area contributed by atoms with Crippen molar-refractivity contribution in [3.05, 3.63) is 58.3 Å². The zero-order chi connectivity index (χ0) is 26.3. The van der Waals surface area contributed by atoms with Gasteiger partial charge in [-0.15, -0.1) is 0 Å². The van der Waals surface area contributed by atoms with Gasteiger partial charge in [0, 0.05) is 39.2 Å². The molecule has 8 nitrogen and oxygen atoms in total. The Hall–Kier alpha value is -3.35. The van der Waals surface area contributed by atoms with E-state index >= 15 is 0 Å². The normalized spacial score (nSPS) is 28.6. The average molecular weight is 504 g/mol. The van der Waals surface area contributed by atoms with Gasteiger partial charge in [-0.2, -0.15) is 17.6 Å². The lowest BCUT2D eigenvalue weighted by atomic mass is 9.77. The van der Waals surface area contributed by atoms with Gasteiger partial charge in [0.05, 0.1) is 12.3 Å². The smallest absolute Gasteiger partial charge is 0.417 e. The van der Waals surface area contributed by atoms with Crippen LogP contribution in [0.25, 0.3) is 0 Å². The van der Waals surface area contributed by atoms with Crippen LogP contribution in [0.5, 0.6) is 5.75 Å². The number of allylic oxidation sites excluding steroid dienone is 1. The summed E-state index contributed by atoms with van der Waals surface area (Å²) in [6.07, 6.45) is -3.71. The van der Waals surface area contributed by atoms with Crippen molar-refractivity contribution in [1.29, 1.82) is 0 Å². The number of primary amides is 1. The van der Waals surface area contributed by atoms with Crippen LogP contribution >= 0.6 is 0 Å². The van der Waals surface area contributed by atoms with Crippen LogP contribution in [0.15, 0.2) is 36.2 Å². The van der Waals surface area contributed by atoms with E-state index in [9.17, 15) is 36.4 Å². The number of rotatable bonds is 6. The largest absolute Gasteiger partial charge is 0.490 e. The maximum absolute atomic E-state index is 14.6. The molecule has 1 aromatic carbocycles. The van der Waals surface area contributed by atoms with Gasteiger partial charge in [0.2, 0.25) is 12.0 Å². The number of benzene rings is 1. The van der Waals surface area contributed by atoms with Crippen LogP contribution < -0.4 is 15.8 Å². The quantitative estimate of drug-likeness (QED) is 0.457. The first kappa shape index (κ1) is 26.3. The van der Waals surface area contributed by atoms with Gasteiger partial charge in [0.15, 0.2) is 17.2 Å². The predicted octanol–water partition coefficient (Wildman–Crippen LogP) is 2.96. The molecule has 1 unspecified atom stereocenters. The van der Waals surface area contributed by atoms with Gasteiger partial charge in [0.25, 0.3) is 11.8 Å². The standard InChI is InChI=1S/C22H22F5N3O5/c1-4-34-17-12(5-6-13(23)16(17)24)15-10(2)21(3,22(25,26)27)35-18(15)20(32)29-11-7-8-30(33)14(9-11)19(28)31/h5-10,14-15,18H,4H2,1-3H3,(H2-,28,29,31,32)/p+1/t10-,14-,15+,18?,21+/m0/s1. The Morgan fingerprint density at radius 1 is 1.29 bits per heavy atom. The fourth-order valence-electron chi connectivity index (χ4n) is 4.17. The van der Waals surface area contributed by atoms with Crippen LogP contribution in [0.3, 0.4) is 0 Å². The maximum Gasteiger partial charge on any atom is 0.417 e. The zero-order valence-corrected chi connectivity index (χ0v) is 18.9. The summed E-state index contributed by atoms with van der Waals surface area (Å²) in [7, 11) is 0. The first-order chi connectivity index (χ1) is 16.2. The second-order valence-electron chi connectivity index (χ2n) is 8.30. The number of hydrogen-bond donors (Lipinski definition) is 2. The number of nitrogens with one attached hydrogen (secondary N) is 1. The number of halogens is 5. The second-order valence-corrected chi connectivity index (χ2v) is 8.30. The molecule has 0 aliphatic carbocycles. The summed E-state index contributed by atoms with van der Waals surface area (Å²) < 4.78 is 81.2. The van der Waals surface area contributed by atoms with E-state index in [0.717, 1.165) is 37.4 Å². The van der Waals surface area contributed by atoms with Gasteiger partial charge in [0.1, 0.15) is 6.10 Å². The Bertz CT molecular complexity index is 1120. The molecule has 1 saturated heterocycles. The van der Waals surface area contributed by atoms with E-state index in [-0.39, 0.29) is 22.6 Å². The first-order valence-corrected chi connectivity index (χ1v) is 10.5. The van der Waals surface area contributed by atoms with Gasteiger partial charge < -0.3 is 20.5 Å². The lowest BCUT2D eigenvalue weighted by Crippen LogP contribution is -2.47. The average Bonchev–Trinajstić information content (AvgIpc) is 3.05. The lowest BCUT2D eigenvalue weighted by molar-refractivity contribution is -0.495. The molecule has 1 fully saturated rings. The number of nitroso groups, excluding NO2 is 1. The summed E-state index contributed by atoms with van der Waals surface area (Å²) in [5.74, 6) is -8.24. The molecular formula is C22H23F5N3O5+. The van der Waals surface area contributed by atoms with Crippen molar-refractivity contribution in [2.75, 3.05) is 6.61 Å². The van der Waals surface area contributed by atoms with Crippen molar-refractivity contribution in [3.63, 3.8) is 0 Å². The third kappa shape index (κ3) is 4.64. The fraction of sp³-hybridized carbons (Fsp3) is 0.455. The van der Waals surface area contributed by atoms with Gasteiger partial charge in [-0.3, -0.25) is 9.59 Å². The van der Waals surface area contributed by atoms with E-state index in [1.54, 1.807) is 0 Å². The third-order valence-corrected chi connectivity index (χ3v) is 6.23. The van der Waals surface area contributed by atoms with Gasteiger partial charge in [-0.25, -0.2) is 4.39 Å². The Morgan fingerprint density at radius 3 is 2.51 bits per heavy atom. The predicted molar refractivity (Wildman–Crippen MR) is 111 cm³/mol. The highest BCUT2D eigenvalue weighted by Gasteiger charge is 2.66. The minimum absolute atomic E-state index is 0.0863.